The maximum atomic E-state index is 11.8. The molecule has 0 spiro atoms. The third-order valence-electron chi connectivity index (χ3n) is 4.85. The molecule has 2 aliphatic rings. The van der Waals surface area contributed by atoms with Crippen molar-refractivity contribution in [2.24, 2.45) is 0 Å². The number of rotatable bonds is 3. The highest BCUT2D eigenvalue weighted by Gasteiger charge is 2.53. The summed E-state index contributed by atoms with van der Waals surface area (Å²) in [5, 5.41) is 11.8. The average Bonchev–Trinajstić information content (AvgIpc) is 2.54. The Hall–Kier alpha value is -0.520. The monoisotopic (exact) mass is 340 g/mol. The van der Waals surface area contributed by atoms with E-state index in [0.717, 1.165) is 53.4 Å². The first-order valence-electron chi connectivity index (χ1n) is 7.80. The summed E-state index contributed by atoms with van der Waals surface area (Å²) in [7, 11) is 3.38. The van der Waals surface area contributed by atoms with Crippen molar-refractivity contribution < 1.29 is 14.6 Å². The second-order valence-corrected chi connectivity index (χ2v) is 9.32. The summed E-state index contributed by atoms with van der Waals surface area (Å²) in [5.74, 6) is 3.86. The van der Waals surface area contributed by atoms with Gasteiger partial charge in [0.05, 0.1) is 18.3 Å². The molecular weight excluding hydrogens is 316 g/mol. The minimum absolute atomic E-state index is 0.236. The number of hydrogen-bond donors (Lipinski definition) is 1. The van der Waals surface area contributed by atoms with E-state index in [9.17, 15) is 5.11 Å². The molecule has 1 aliphatic heterocycles. The lowest BCUT2D eigenvalue weighted by Crippen LogP contribution is -2.49. The predicted octanol–water partition coefficient (Wildman–Crippen LogP) is 3.81. The van der Waals surface area contributed by atoms with Crippen LogP contribution in [0.25, 0.3) is 0 Å². The van der Waals surface area contributed by atoms with E-state index in [2.05, 4.69) is 6.92 Å². The van der Waals surface area contributed by atoms with Gasteiger partial charge in [-0.3, -0.25) is 0 Å². The normalized spacial score (nSPS) is 27.1. The molecule has 122 valence electrons. The number of aliphatic hydroxyl groups is 1. The van der Waals surface area contributed by atoms with Crippen molar-refractivity contribution >= 4 is 23.5 Å². The van der Waals surface area contributed by atoms with Crippen molar-refractivity contribution in [1.29, 1.82) is 0 Å². The number of thioether (sulfide) groups is 2. The van der Waals surface area contributed by atoms with Gasteiger partial charge in [-0.05, 0) is 56.2 Å². The van der Waals surface area contributed by atoms with Crippen molar-refractivity contribution in [2.45, 2.75) is 42.3 Å². The van der Waals surface area contributed by atoms with Crippen LogP contribution < -0.4 is 9.47 Å². The first kappa shape index (κ1) is 16.3. The van der Waals surface area contributed by atoms with Crippen LogP contribution in [0.2, 0.25) is 0 Å². The van der Waals surface area contributed by atoms with Gasteiger partial charge in [0, 0.05) is 11.1 Å². The molecule has 1 aliphatic carbocycles. The highest BCUT2D eigenvalue weighted by Crippen LogP contribution is 2.59. The van der Waals surface area contributed by atoms with Crippen molar-refractivity contribution in [3.63, 3.8) is 0 Å². The van der Waals surface area contributed by atoms with Gasteiger partial charge in [-0.2, -0.15) is 0 Å². The molecule has 0 bridgehead atoms. The summed E-state index contributed by atoms with van der Waals surface area (Å²) in [6.45, 7) is 2.19. The summed E-state index contributed by atoms with van der Waals surface area (Å²) in [6.07, 6.45) is 3.90. The Balaban J connectivity index is 2.17. The van der Waals surface area contributed by atoms with Crippen LogP contribution in [-0.2, 0) is 12.0 Å². The van der Waals surface area contributed by atoms with E-state index >= 15 is 0 Å². The van der Waals surface area contributed by atoms with Gasteiger partial charge in [0.1, 0.15) is 17.1 Å². The quantitative estimate of drug-likeness (QED) is 0.906. The van der Waals surface area contributed by atoms with Crippen LogP contribution >= 0.6 is 23.5 Å². The van der Waals surface area contributed by atoms with Crippen LogP contribution in [0.5, 0.6) is 11.5 Å². The number of fused-ring (bicyclic) bond motifs is 1. The van der Waals surface area contributed by atoms with Gasteiger partial charge in [-0.15, -0.1) is 23.5 Å². The molecule has 1 fully saturated rings. The third-order valence-corrected chi connectivity index (χ3v) is 8.32. The lowest BCUT2D eigenvalue weighted by molar-refractivity contribution is 0.00820. The maximum absolute atomic E-state index is 11.8. The molecule has 1 unspecified atom stereocenters. The molecule has 1 saturated heterocycles. The Kier molecular flexibility index (Phi) is 4.59. The minimum Gasteiger partial charge on any atom is -0.496 e. The van der Waals surface area contributed by atoms with Crippen LogP contribution in [0.3, 0.4) is 0 Å². The van der Waals surface area contributed by atoms with Gasteiger partial charge >= 0.3 is 0 Å². The smallest absolute Gasteiger partial charge is 0.125 e. The van der Waals surface area contributed by atoms with E-state index < -0.39 is 5.60 Å². The molecule has 0 aromatic heterocycles. The zero-order valence-electron chi connectivity index (χ0n) is 13.5. The predicted molar refractivity (Wildman–Crippen MR) is 94.3 cm³/mol. The average molecular weight is 341 g/mol. The Bertz CT molecular complexity index is 555. The molecule has 22 heavy (non-hydrogen) atoms. The first-order chi connectivity index (χ1) is 10.6. The summed E-state index contributed by atoms with van der Waals surface area (Å²) >= 11 is 3.77. The first-order valence-corrected chi connectivity index (χ1v) is 9.77. The van der Waals surface area contributed by atoms with E-state index in [1.807, 2.05) is 35.7 Å². The van der Waals surface area contributed by atoms with E-state index in [0.29, 0.717) is 0 Å². The van der Waals surface area contributed by atoms with Gasteiger partial charge in [0.25, 0.3) is 0 Å². The fourth-order valence-corrected chi connectivity index (χ4v) is 6.90. The molecule has 1 heterocycles. The number of methoxy groups -OCH3 is 2. The zero-order chi connectivity index (χ0) is 15.8. The van der Waals surface area contributed by atoms with Crippen molar-refractivity contribution in [3.8, 4) is 11.5 Å². The van der Waals surface area contributed by atoms with Gasteiger partial charge in [0.2, 0.25) is 0 Å². The summed E-state index contributed by atoms with van der Waals surface area (Å²) < 4.78 is 10.9. The Morgan fingerprint density at radius 1 is 1.05 bits per heavy atom. The van der Waals surface area contributed by atoms with Gasteiger partial charge in [-0.25, -0.2) is 0 Å². The molecule has 0 saturated carbocycles. The molecule has 3 rings (SSSR count). The molecular formula is C17H24O3S2. The molecule has 1 aromatic rings. The van der Waals surface area contributed by atoms with E-state index in [-0.39, 0.29) is 4.08 Å². The van der Waals surface area contributed by atoms with E-state index in [1.54, 1.807) is 14.2 Å². The van der Waals surface area contributed by atoms with Gasteiger partial charge in [0.15, 0.2) is 0 Å². The highest BCUT2D eigenvalue weighted by molar-refractivity contribution is 8.18. The van der Waals surface area contributed by atoms with Crippen molar-refractivity contribution in [2.75, 3.05) is 25.7 Å². The maximum Gasteiger partial charge on any atom is 0.125 e. The van der Waals surface area contributed by atoms with Crippen LogP contribution in [0.4, 0.5) is 0 Å². The molecule has 0 radical (unpaired) electrons. The van der Waals surface area contributed by atoms with Gasteiger partial charge < -0.3 is 14.6 Å². The Labute approximate surface area is 141 Å². The SMILES string of the molecule is COc1ccc(OC)c2c1CCCC2(O)C1(C)SCCCS1. The minimum atomic E-state index is -0.879. The van der Waals surface area contributed by atoms with Crippen LogP contribution in [-0.4, -0.2) is 34.9 Å². The molecule has 1 N–H and O–H groups in total. The second kappa shape index (κ2) is 6.17. The van der Waals surface area contributed by atoms with E-state index in [1.165, 1.54) is 6.42 Å². The summed E-state index contributed by atoms with van der Waals surface area (Å²) in [6, 6.07) is 3.88. The molecule has 1 atom stereocenters. The summed E-state index contributed by atoms with van der Waals surface area (Å²) in [4.78, 5) is 0. The topological polar surface area (TPSA) is 38.7 Å². The second-order valence-electron chi connectivity index (χ2n) is 6.03. The van der Waals surface area contributed by atoms with Crippen molar-refractivity contribution in [1.82, 2.24) is 0 Å². The highest BCUT2D eigenvalue weighted by atomic mass is 32.2. The standard InChI is InChI=1S/C17H24O3S2/c1-16(21-10-5-11-22-16)17(18)9-4-6-12-13(19-2)7-8-14(20-3)15(12)17/h7-8,18H,4-6,9-11H2,1-3H3. The number of ether oxygens (including phenoxy) is 2. The fraction of sp³-hybridized carbons (Fsp3) is 0.647. The largest absolute Gasteiger partial charge is 0.496 e. The molecule has 0 amide bonds. The van der Waals surface area contributed by atoms with Gasteiger partial charge in [-0.1, -0.05) is 0 Å². The number of hydrogen-bond acceptors (Lipinski definition) is 5. The summed E-state index contributed by atoms with van der Waals surface area (Å²) in [5.41, 5.74) is 1.18. The zero-order valence-corrected chi connectivity index (χ0v) is 15.1. The molecule has 5 heteroatoms. The molecule has 1 aromatic carbocycles. The van der Waals surface area contributed by atoms with Crippen LogP contribution in [0.15, 0.2) is 12.1 Å². The lowest BCUT2D eigenvalue weighted by atomic mass is 9.76. The number of benzene rings is 1. The van der Waals surface area contributed by atoms with Crippen molar-refractivity contribution in [3.05, 3.63) is 23.3 Å². The van der Waals surface area contributed by atoms with Crippen LogP contribution in [0, 0.1) is 0 Å². The van der Waals surface area contributed by atoms with E-state index in [4.69, 9.17) is 9.47 Å². The fourth-order valence-electron chi connectivity index (χ4n) is 3.64. The molecule has 3 nitrogen and oxygen atoms in total. The Morgan fingerprint density at radius 2 is 1.68 bits per heavy atom. The third kappa shape index (κ3) is 2.42. The van der Waals surface area contributed by atoms with Crippen LogP contribution in [0.1, 0.15) is 37.3 Å². The lowest BCUT2D eigenvalue weighted by Gasteiger charge is -2.49. The Morgan fingerprint density at radius 3 is 2.32 bits per heavy atom.